The SMILES string of the molecule is O=[N+]([O-])c1ccc(F)cc1NCc1ncc(Br)cc1Br. The highest BCUT2D eigenvalue weighted by molar-refractivity contribution is 9.11. The lowest BCUT2D eigenvalue weighted by molar-refractivity contribution is -0.384. The van der Waals surface area contributed by atoms with Crippen molar-refractivity contribution in [2.45, 2.75) is 6.54 Å². The van der Waals surface area contributed by atoms with Crippen molar-refractivity contribution in [1.29, 1.82) is 0 Å². The topological polar surface area (TPSA) is 68.1 Å². The number of hydrogen-bond donors (Lipinski definition) is 1. The highest BCUT2D eigenvalue weighted by atomic mass is 79.9. The average molecular weight is 405 g/mol. The minimum absolute atomic E-state index is 0.117. The Morgan fingerprint density at radius 1 is 1.35 bits per heavy atom. The number of anilines is 1. The molecule has 0 spiro atoms. The molecule has 0 aliphatic carbocycles. The van der Waals surface area contributed by atoms with Crippen molar-refractivity contribution in [3.05, 3.63) is 61.0 Å². The van der Waals surface area contributed by atoms with Gasteiger partial charge in [-0.25, -0.2) is 4.39 Å². The van der Waals surface area contributed by atoms with Crippen molar-refractivity contribution >= 4 is 43.2 Å². The standard InChI is InChI=1S/C12H8Br2FN3O2/c13-7-3-9(14)11(16-5-7)6-17-10-4-8(15)1-2-12(10)18(19)20/h1-5,17H,6H2. The molecule has 1 N–H and O–H groups in total. The first-order valence-electron chi connectivity index (χ1n) is 5.45. The largest absolute Gasteiger partial charge is 0.374 e. The molecule has 0 aliphatic heterocycles. The van der Waals surface area contributed by atoms with E-state index in [9.17, 15) is 14.5 Å². The summed E-state index contributed by atoms with van der Waals surface area (Å²) in [5.41, 5.74) is 0.595. The molecule has 0 atom stereocenters. The second kappa shape index (κ2) is 6.27. The van der Waals surface area contributed by atoms with Crippen molar-refractivity contribution in [3.8, 4) is 0 Å². The molecule has 0 amide bonds. The van der Waals surface area contributed by atoms with Crippen LogP contribution >= 0.6 is 31.9 Å². The third kappa shape index (κ3) is 3.51. The van der Waals surface area contributed by atoms with E-state index in [1.807, 2.05) is 6.07 Å². The van der Waals surface area contributed by atoms with E-state index in [4.69, 9.17) is 0 Å². The molecule has 1 aromatic heterocycles. The summed E-state index contributed by atoms with van der Waals surface area (Å²) in [5, 5.41) is 13.7. The molecule has 1 heterocycles. The molecule has 0 bridgehead atoms. The summed E-state index contributed by atoms with van der Waals surface area (Å²) in [6.45, 7) is 0.234. The van der Waals surface area contributed by atoms with Crippen LogP contribution in [0.15, 0.2) is 39.4 Å². The maximum atomic E-state index is 13.2. The zero-order chi connectivity index (χ0) is 14.7. The van der Waals surface area contributed by atoms with E-state index in [2.05, 4.69) is 42.2 Å². The van der Waals surface area contributed by atoms with Gasteiger partial charge in [0.1, 0.15) is 11.5 Å². The maximum Gasteiger partial charge on any atom is 0.292 e. The van der Waals surface area contributed by atoms with Crippen LogP contribution in [0.2, 0.25) is 0 Å². The van der Waals surface area contributed by atoms with Crippen LogP contribution in [0, 0.1) is 15.9 Å². The fourth-order valence-electron chi connectivity index (χ4n) is 1.56. The van der Waals surface area contributed by atoms with Gasteiger partial charge in [0.2, 0.25) is 0 Å². The summed E-state index contributed by atoms with van der Waals surface area (Å²) in [6, 6.07) is 5.08. The van der Waals surface area contributed by atoms with Crippen molar-refractivity contribution in [1.82, 2.24) is 4.98 Å². The van der Waals surface area contributed by atoms with Gasteiger partial charge in [0.15, 0.2) is 0 Å². The van der Waals surface area contributed by atoms with Crippen molar-refractivity contribution in [2.24, 2.45) is 0 Å². The first-order valence-corrected chi connectivity index (χ1v) is 7.03. The van der Waals surface area contributed by atoms with E-state index >= 15 is 0 Å². The molecule has 20 heavy (non-hydrogen) atoms. The molecular formula is C12H8Br2FN3O2. The van der Waals surface area contributed by atoms with Crippen LogP contribution in [0.1, 0.15) is 5.69 Å². The molecule has 0 radical (unpaired) electrons. The Kier molecular flexibility index (Phi) is 4.66. The van der Waals surface area contributed by atoms with Crippen LogP contribution in [0.3, 0.4) is 0 Å². The van der Waals surface area contributed by atoms with Gasteiger partial charge in [-0.15, -0.1) is 0 Å². The Bertz CT molecular complexity index is 667. The number of rotatable bonds is 4. The lowest BCUT2D eigenvalue weighted by Gasteiger charge is -2.08. The summed E-state index contributed by atoms with van der Waals surface area (Å²) in [7, 11) is 0. The first kappa shape index (κ1) is 14.9. The molecule has 0 aliphatic rings. The number of halogens is 3. The highest BCUT2D eigenvalue weighted by Crippen LogP contribution is 2.26. The number of pyridine rings is 1. The van der Waals surface area contributed by atoms with Crippen LogP contribution in [-0.2, 0) is 6.54 Å². The third-order valence-corrected chi connectivity index (χ3v) is 3.61. The first-order chi connectivity index (χ1) is 9.47. The summed E-state index contributed by atoms with van der Waals surface area (Å²) in [4.78, 5) is 14.5. The van der Waals surface area contributed by atoms with Gasteiger partial charge in [-0.05, 0) is 44.0 Å². The smallest absolute Gasteiger partial charge is 0.292 e. The van der Waals surface area contributed by atoms with Gasteiger partial charge in [-0.3, -0.25) is 15.1 Å². The van der Waals surface area contributed by atoms with Gasteiger partial charge in [0.25, 0.3) is 5.69 Å². The molecule has 5 nitrogen and oxygen atoms in total. The molecule has 0 saturated heterocycles. The molecule has 0 saturated carbocycles. The van der Waals surface area contributed by atoms with Gasteiger partial charge >= 0.3 is 0 Å². The van der Waals surface area contributed by atoms with E-state index < -0.39 is 10.7 Å². The summed E-state index contributed by atoms with van der Waals surface area (Å²) >= 11 is 6.62. The number of nitro benzene ring substituents is 1. The van der Waals surface area contributed by atoms with Crippen LogP contribution in [-0.4, -0.2) is 9.91 Å². The Morgan fingerprint density at radius 2 is 2.10 bits per heavy atom. The summed E-state index contributed by atoms with van der Waals surface area (Å²) in [5.74, 6) is -0.541. The fraction of sp³-hybridized carbons (Fsp3) is 0.0833. The quantitative estimate of drug-likeness (QED) is 0.610. The number of nitro groups is 1. The Hall–Kier alpha value is -1.54. The second-order valence-electron chi connectivity index (χ2n) is 3.85. The van der Waals surface area contributed by atoms with E-state index in [-0.39, 0.29) is 17.9 Å². The molecule has 8 heteroatoms. The second-order valence-corrected chi connectivity index (χ2v) is 5.62. The van der Waals surface area contributed by atoms with Crippen molar-refractivity contribution in [2.75, 3.05) is 5.32 Å². The number of nitrogens with one attached hydrogen (secondary N) is 1. The van der Waals surface area contributed by atoms with E-state index in [0.717, 1.165) is 27.1 Å². The maximum absolute atomic E-state index is 13.2. The predicted molar refractivity (Wildman–Crippen MR) is 80.0 cm³/mol. The lowest BCUT2D eigenvalue weighted by atomic mass is 10.2. The van der Waals surface area contributed by atoms with E-state index in [1.54, 1.807) is 6.20 Å². The minimum Gasteiger partial charge on any atom is -0.374 e. The minimum atomic E-state index is -0.564. The van der Waals surface area contributed by atoms with Crippen molar-refractivity contribution < 1.29 is 9.31 Å². The molecule has 2 rings (SSSR count). The third-order valence-electron chi connectivity index (χ3n) is 2.49. The number of benzene rings is 1. The van der Waals surface area contributed by atoms with E-state index in [0.29, 0.717) is 5.69 Å². The molecule has 1 aromatic carbocycles. The number of nitrogens with zero attached hydrogens (tertiary/aromatic N) is 2. The van der Waals surface area contributed by atoms with Gasteiger partial charge in [-0.2, -0.15) is 0 Å². The van der Waals surface area contributed by atoms with Crippen LogP contribution in [0.4, 0.5) is 15.8 Å². The summed E-state index contributed by atoms with van der Waals surface area (Å²) in [6.07, 6.45) is 1.61. The van der Waals surface area contributed by atoms with Crippen molar-refractivity contribution in [3.63, 3.8) is 0 Å². The van der Waals surface area contributed by atoms with E-state index in [1.165, 1.54) is 0 Å². The molecule has 0 fully saturated rings. The lowest BCUT2D eigenvalue weighted by Crippen LogP contribution is -2.05. The Balaban J connectivity index is 2.22. The monoisotopic (exact) mass is 403 g/mol. The molecular weight excluding hydrogens is 397 g/mol. The van der Waals surface area contributed by atoms with Gasteiger partial charge in [-0.1, -0.05) is 0 Å². The fourth-order valence-corrected chi connectivity index (χ4v) is 2.69. The number of hydrogen-bond acceptors (Lipinski definition) is 4. The summed E-state index contributed by atoms with van der Waals surface area (Å²) < 4.78 is 14.7. The molecule has 2 aromatic rings. The zero-order valence-corrected chi connectivity index (χ0v) is 13.1. The normalized spacial score (nSPS) is 10.3. The van der Waals surface area contributed by atoms with Gasteiger partial charge in [0, 0.05) is 27.3 Å². The number of aromatic nitrogens is 1. The van der Waals surface area contributed by atoms with Crippen LogP contribution < -0.4 is 5.32 Å². The average Bonchev–Trinajstić information content (AvgIpc) is 2.37. The Labute approximate surface area is 130 Å². The molecule has 104 valence electrons. The Morgan fingerprint density at radius 3 is 2.75 bits per heavy atom. The molecule has 0 unspecified atom stereocenters. The van der Waals surface area contributed by atoms with Crippen LogP contribution in [0.25, 0.3) is 0 Å². The predicted octanol–water partition coefficient (Wildman–Crippen LogP) is 4.27. The zero-order valence-electron chi connectivity index (χ0n) is 9.94. The van der Waals surface area contributed by atoms with Gasteiger partial charge < -0.3 is 5.32 Å². The van der Waals surface area contributed by atoms with Gasteiger partial charge in [0.05, 0.1) is 17.2 Å². The van der Waals surface area contributed by atoms with Crippen LogP contribution in [0.5, 0.6) is 0 Å². The highest BCUT2D eigenvalue weighted by Gasteiger charge is 2.14.